The van der Waals surface area contributed by atoms with Crippen LogP contribution in [0.2, 0.25) is 0 Å². The van der Waals surface area contributed by atoms with Crippen molar-refractivity contribution in [2.45, 2.75) is 65.2 Å². The first-order valence-electron chi connectivity index (χ1n) is 7.27. The molecule has 3 nitrogen and oxygen atoms in total. The number of unbranched alkanes of at least 4 members (excludes halogenated alkanes) is 6. The lowest BCUT2D eigenvalue weighted by atomic mass is 10.1. The van der Waals surface area contributed by atoms with E-state index in [0.29, 0.717) is 0 Å². The van der Waals surface area contributed by atoms with Crippen LogP contribution in [0.3, 0.4) is 0 Å². The largest absolute Gasteiger partial charge is 0.481 e. The molecule has 3 heteroatoms. The fourth-order valence-corrected chi connectivity index (χ4v) is 2.00. The Morgan fingerprint density at radius 1 is 1.17 bits per heavy atom. The monoisotopic (exact) mass is 255 g/mol. The lowest BCUT2D eigenvalue weighted by molar-refractivity contribution is -0.134. The quantitative estimate of drug-likeness (QED) is 0.665. The van der Waals surface area contributed by atoms with E-state index in [1.54, 1.807) is 0 Å². The van der Waals surface area contributed by atoms with Crippen LogP contribution in [0, 0.1) is 0 Å². The molecule has 0 aliphatic carbocycles. The zero-order valence-electron chi connectivity index (χ0n) is 12.0. The van der Waals surface area contributed by atoms with Gasteiger partial charge in [0.2, 0.25) is 0 Å². The fraction of sp³-hybridized carbons (Fsp3) is 0.800. The van der Waals surface area contributed by atoms with Gasteiger partial charge in [-0.3, -0.25) is 4.79 Å². The summed E-state index contributed by atoms with van der Waals surface area (Å²) in [7, 11) is 0. The minimum atomic E-state index is -0.833. The van der Waals surface area contributed by atoms with Crippen LogP contribution in [-0.2, 0) is 4.79 Å². The van der Waals surface area contributed by atoms with Crippen molar-refractivity contribution in [3.8, 4) is 0 Å². The maximum Gasteiger partial charge on any atom is 0.300 e. The van der Waals surface area contributed by atoms with E-state index in [4.69, 9.17) is 9.90 Å². The van der Waals surface area contributed by atoms with Gasteiger partial charge in [0.1, 0.15) is 0 Å². The second kappa shape index (κ2) is 12.5. The summed E-state index contributed by atoms with van der Waals surface area (Å²) in [5, 5.41) is 7.42. The third-order valence-electron chi connectivity index (χ3n) is 2.95. The molecule has 18 heavy (non-hydrogen) atoms. The van der Waals surface area contributed by atoms with E-state index < -0.39 is 5.97 Å². The van der Waals surface area contributed by atoms with Gasteiger partial charge in [-0.15, -0.1) is 0 Å². The first-order valence-corrected chi connectivity index (χ1v) is 7.27. The standard InChI is InChI=1S/C13H25N.C2H4O2/c1-2-3-4-5-6-7-8-11-14-12-9-10-13-14;1-2(3)4/h9,12H,2-8,10-11,13H2,1H3;1H3,(H,3,4). The number of carboxylic acids is 1. The summed E-state index contributed by atoms with van der Waals surface area (Å²) in [5.41, 5.74) is 0. The average Bonchev–Trinajstić information content (AvgIpc) is 2.80. The van der Waals surface area contributed by atoms with Gasteiger partial charge in [-0.05, 0) is 19.0 Å². The van der Waals surface area contributed by atoms with Crippen molar-refractivity contribution in [1.82, 2.24) is 4.90 Å². The highest BCUT2D eigenvalue weighted by Crippen LogP contribution is 2.09. The van der Waals surface area contributed by atoms with Crippen molar-refractivity contribution in [1.29, 1.82) is 0 Å². The maximum atomic E-state index is 9.00. The Kier molecular flexibility index (Phi) is 11.8. The number of hydrogen-bond donors (Lipinski definition) is 1. The molecule has 0 aromatic rings. The van der Waals surface area contributed by atoms with Gasteiger partial charge in [0.15, 0.2) is 0 Å². The van der Waals surface area contributed by atoms with Crippen LogP contribution in [0.1, 0.15) is 65.2 Å². The van der Waals surface area contributed by atoms with Crippen molar-refractivity contribution in [2.75, 3.05) is 13.1 Å². The highest BCUT2D eigenvalue weighted by atomic mass is 16.4. The molecule has 0 spiro atoms. The van der Waals surface area contributed by atoms with E-state index in [-0.39, 0.29) is 0 Å². The van der Waals surface area contributed by atoms with Gasteiger partial charge in [0, 0.05) is 20.0 Å². The van der Waals surface area contributed by atoms with Gasteiger partial charge >= 0.3 is 0 Å². The predicted molar refractivity (Wildman–Crippen MR) is 76.6 cm³/mol. The van der Waals surface area contributed by atoms with Gasteiger partial charge in [0.05, 0.1) is 0 Å². The summed E-state index contributed by atoms with van der Waals surface area (Å²) in [6.07, 6.45) is 15.7. The summed E-state index contributed by atoms with van der Waals surface area (Å²) in [4.78, 5) is 11.5. The minimum Gasteiger partial charge on any atom is -0.481 e. The average molecular weight is 255 g/mol. The van der Waals surface area contributed by atoms with Gasteiger partial charge in [-0.25, -0.2) is 0 Å². The topological polar surface area (TPSA) is 40.5 Å². The number of nitrogens with zero attached hydrogens (tertiary/aromatic N) is 1. The molecule has 0 fully saturated rings. The molecule has 0 bridgehead atoms. The van der Waals surface area contributed by atoms with Gasteiger partial charge in [0.25, 0.3) is 5.97 Å². The molecule has 0 aromatic carbocycles. The van der Waals surface area contributed by atoms with Crippen molar-refractivity contribution in [3.63, 3.8) is 0 Å². The summed E-state index contributed by atoms with van der Waals surface area (Å²) >= 11 is 0. The zero-order chi connectivity index (χ0) is 13.6. The van der Waals surface area contributed by atoms with E-state index in [1.807, 2.05) is 0 Å². The number of carboxylic acid groups (broad SMARTS) is 1. The molecule has 1 N–H and O–H groups in total. The molecular weight excluding hydrogens is 226 g/mol. The summed E-state index contributed by atoms with van der Waals surface area (Å²) in [6, 6.07) is 0. The normalized spacial score (nSPS) is 13.3. The summed E-state index contributed by atoms with van der Waals surface area (Å²) in [6.45, 7) is 5.90. The van der Waals surface area contributed by atoms with Crippen LogP contribution in [0.5, 0.6) is 0 Å². The van der Waals surface area contributed by atoms with Crippen LogP contribution in [0.4, 0.5) is 0 Å². The molecule has 0 radical (unpaired) electrons. The van der Waals surface area contributed by atoms with Gasteiger partial charge in [-0.1, -0.05) is 51.5 Å². The Balaban J connectivity index is 0.000000631. The highest BCUT2D eigenvalue weighted by Gasteiger charge is 2.02. The number of aliphatic carboxylic acids is 1. The van der Waals surface area contributed by atoms with E-state index in [2.05, 4.69) is 24.1 Å². The van der Waals surface area contributed by atoms with Crippen molar-refractivity contribution >= 4 is 5.97 Å². The van der Waals surface area contributed by atoms with Crippen LogP contribution >= 0.6 is 0 Å². The van der Waals surface area contributed by atoms with E-state index in [9.17, 15) is 0 Å². The Hall–Kier alpha value is -0.990. The first-order chi connectivity index (χ1) is 8.66. The molecule has 0 amide bonds. The number of hydrogen-bond acceptors (Lipinski definition) is 2. The lowest BCUT2D eigenvalue weighted by Crippen LogP contribution is -2.15. The number of rotatable bonds is 8. The Bertz CT molecular complexity index is 223. The smallest absolute Gasteiger partial charge is 0.300 e. The van der Waals surface area contributed by atoms with Crippen molar-refractivity contribution in [3.05, 3.63) is 12.3 Å². The van der Waals surface area contributed by atoms with Gasteiger partial charge < -0.3 is 10.0 Å². The Labute approximate surface area is 112 Å². The molecule has 106 valence electrons. The predicted octanol–water partition coefficient (Wildman–Crippen LogP) is 4.05. The van der Waals surface area contributed by atoms with Crippen LogP contribution in [-0.4, -0.2) is 29.1 Å². The molecule has 0 saturated carbocycles. The maximum absolute atomic E-state index is 9.00. The Morgan fingerprint density at radius 2 is 1.72 bits per heavy atom. The van der Waals surface area contributed by atoms with E-state index in [0.717, 1.165) is 6.92 Å². The lowest BCUT2D eigenvalue weighted by Gasteiger charge is -2.14. The zero-order valence-corrected chi connectivity index (χ0v) is 12.0. The second-order valence-electron chi connectivity index (χ2n) is 4.85. The van der Waals surface area contributed by atoms with Crippen molar-refractivity contribution < 1.29 is 9.90 Å². The summed E-state index contributed by atoms with van der Waals surface area (Å²) in [5.74, 6) is -0.833. The third-order valence-corrected chi connectivity index (χ3v) is 2.95. The van der Waals surface area contributed by atoms with Crippen LogP contribution in [0.15, 0.2) is 12.3 Å². The van der Waals surface area contributed by atoms with Gasteiger partial charge in [-0.2, -0.15) is 0 Å². The van der Waals surface area contributed by atoms with E-state index in [1.165, 1.54) is 64.5 Å². The molecule has 0 aromatic heterocycles. The SMILES string of the molecule is CC(=O)O.CCCCCCCCCN1C=CCC1. The molecule has 0 atom stereocenters. The summed E-state index contributed by atoms with van der Waals surface area (Å²) < 4.78 is 0. The molecule has 0 saturated heterocycles. The van der Waals surface area contributed by atoms with Crippen LogP contribution < -0.4 is 0 Å². The van der Waals surface area contributed by atoms with E-state index >= 15 is 0 Å². The number of carbonyl (C=O) groups is 1. The molecule has 1 heterocycles. The molecule has 1 aliphatic heterocycles. The molecule has 1 aliphatic rings. The second-order valence-corrected chi connectivity index (χ2v) is 4.85. The Morgan fingerprint density at radius 3 is 2.22 bits per heavy atom. The first kappa shape index (κ1) is 17.0. The van der Waals surface area contributed by atoms with Crippen molar-refractivity contribution in [2.24, 2.45) is 0 Å². The molecule has 0 unspecified atom stereocenters. The molecular formula is C15H29NO2. The molecule has 1 rings (SSSR count). The van der Waals surface area contributed by atoms with Crippen LogP contribution in [0.25, 0.3) is 0 Å². The minimum absolute atomic E-state index is 0.833. The fourth-order valence-electron chi connectivity index (χ4n) is 2.00. The highest BCUT2D eigenvalue weighted by molar-refractivity contribution is 5.62. The third kappa shape index (κ3) is 13.1.